The quantitative estimate of drug-likeness (QED) is 0.697. The second-order valence-corrected chi connectivity index (χ2v) is 5.48. The third-order valence-corrected chi connectivity index (χ3v) is 2.88. The standard InChI is InChI=1S/C8H13Cl3O2/c1-6(8(9,10)11)13-7-4-2-3-5-12-7/h6-7H,2-5H2,1H3. The average molecular weight is 248 g/mol. The van der Waals surface area contributed by atoms with Crippen molar-refractivity contribution >= 4 is 34.8 Å². The second kappa shape index (κ2) is 5.04. The number of rotatable bonds is 2. The molecule has 1 rings (SSSR count). The van der Waals surface area contributed by atoms with Gasteiger partial charge in [0.25, 0.3) is 0 Å². The van der Waals surface area contributed by atoms with E-state index in [0.29, 0.717) is 0 Å². The van der Waals surface area contributed by atoms with Crippen molar-refractivity contribution in [1.29, 1.82) is 0 Å². The van der Waals surface area contributed by atoms with Crippen LogP contribution in [0.2, 0.25) is 0 Å². The lowest BCUT2D eigenvalue weighted by Crippen LogP contribution is -2.33. The highest BCUT2D eigenvalue weighted by Crippen LogP contribution is 2.33. The first-order chi connectivity index (χ1) is 6.00. The largest absolute Gasteiger partial charge is 0.353 e. The van der Waals surface area contributed by atoms with Gasteiger partial charge in [-0.3, -0.25) is 0 Å². The fourth-order valence-corrected chi connectivity index (χ4v) is 1.28. The van der Waals surface area contributed by atoms with Crippen LogP contribution in [0, 0.1) is 0 Å². The predicted octanol–water partition coefficient (Wildman–Crippen LogP) is 3.29. The smallest absolute Gasteiger partial charge is 0.216 e. The van der Waals surface area contributed by atoms with Crippen molar-refractivity contribution in [2.24, 2.45) is 0 Å². The molecule has 13 heavy (non-hydrogen) atoms. The van der Waals surface area contributed by atoms with Gasteiger partial charge in [-0.2, -0.15) is 0 Å². The molecule has 2 atom stereocenters. The molecule has 0 aromatic heterocycles. The molecule has 5 heteroatoms. The summed E-state index contributed by atoms with van der Waals surface area (Å²) in [7, 11) is 0. The molecule has 0 radical (unpaired) electrons. The Balaban J connectivity index is 2.30. The first kappa shape index (κ1) is 11.9. The van der Waals surface area contributed by atoms with Crippen LogP contribution in [0.15, 0.2) is 0 Å². The fourth-order valence-electron chi connectivity index (χ4n) is 1.12. The van der Waals surface area contributed by atoms with Crippen molar-refractivity contribution in [3.63, 3.8) is 0 Å². The molecular formula is C8H13Cl3O2. The Hall–Kier alpha value is 0.790. The Morgan fingerprint density at radius 1 is 1.38 bits per heavy atom. The van der Waals surface area contributed by atoms with Crippen molar-refractivity contribution in [1.82, 2.24) is 0 Å². The number of ether oxygens (including phenoxy) is 2. The van der Waals surface area contributed by atoms with Gasteiger partial charge in [0.1, 0.15) is 6.10 Å². The van der Waals surface area contributed by atoms with Gasteiger partial charge in [-0.25, -0.2) is 0 Å². The lowest BCUT2D eigenvalue weighted by molar-refractivity contribution is -0.183. The third kappa shape index (κ3) is 4.22. The van der Waals surface area contributed by atoms with Gasteiger partial charge in [-0.05, 0) is 26.2 Å². The van der Waals surface area contributed by atoms with Crippen LogP contribution in [0.4, 0.5) is 0 Å². The summed E-state index contributed by atoms with van der Waals surface area (Å²) in [4.78, 5) is 0. The summed E-state index contributed by atoms with van der Waals surface area (Å²) in [6.07, 6.45) is 2.42. The molecular weight excluding hydrogens is 234 g/mol. The molecule has 2 nitrogen and oxygen atoms in total. The molecule has 0 N–H and O–H groups in total. The van der Waals surface area contributed by atoms with Crippen molar-refractivity contribution < 1.29 is 9.47 Å². The van der Waals surface area contributed by atoms with Gasteiger partial charge in [0.05, 0.1) is 0 Å². The van der Waals surface area contributed by atoms with E-state index in [4.69, 9.17) is 44.3 Å². The van der Waals surface area contributed by atoms with E-state index in [1.54, 1.807) is 6.92 Å². The van der Waals surface area contributed by atoms with Crippen LogP contribution in [-0.2, 0) is 9.47 Å². The molecule has 0 aromatic carbocycles. The predicted molar refractivity (Wildman–Crippen MR) is 54.4 cm³/mol. The van der Waals surface area contributed by atoms with Crippen molar-refractivity contribution in [3.8, 4) is 0 Å². The number of hydrogen-bond acceptors (Lipinski definition) is 2. The molecule has 1 aliphatic heterocycles. The van der Waals surface area contributed by atoms with E-state index in [0.717, 1.165) is 25.9 Å². The molecule has 0 aromatic rings. The molecule has 0 spiro atoms. The summed E-state index contributed by atoms with van der Waals surface area (Å²) in [5.41, 5.74) is 0. The Labute approximate surface area is 93.4 Å². The van der Waals surface area contributed by atoms with Crippen molar-refractivity contribution in [2.45, 2.75) is 42.4 Å². The first-order valence-electron chi connectivity index (χ1n) is 4.34. The normalized spacial score (nSPS) is 27.2. The van der Waals surface area contributed by atoms with Crippen LogP contribution in [0.5, 0.6) is 0 Å². The Kier molecular flexibility index (Phi) is 4.59. The van der Waals surface area contributed by atoms with Crippen LogP contribution < -0.4 is 0 Å². The van der Waals surface area contributed by atoms with Gasteiger partial charge in [-0.15, -0.1) is 0 Å². The van der Waals surface area contributed by atoms with Crippen molar-refractivity contribution in [2.75, 3.05) is 6.61 Å². The average Bonchev–Trinajstić information content (AvgIpc) is 2.04. The summed E-state index contributed by atoms with van der Waals surface area (Å²) in [6.45, 7) is 2.46. The van der Waals surface area contributed by atoms with Gasteiger partial charge in [0.15, 0.2) is 6.29 Å². The van der Waals surface area contributed by atoms with E-state index < -0.39 is 9.90 Å². The molecule has 1 aliphatic rings. The van der Waals surface area contributed by atoms with Crippen LogP contribution in [0.1, 0.15) is 26.2 Å². The molecule has 1 heterocycles. The van der Waals surface area contributed by atoms with Crippen LogP contribution in [0.25, 0.3) is 0 Å². The summed E-state index contributed by atoms with van der Waals surface area (Å²) in [5, 5.41) is 0. The Bertz CT molecular complexity index is 152. The van der Waals surface area contributed by atoms with Gasteiger partial charge in [-0.1, -0.05) is 34.8 Å². The zero-order chi connectivity index (χ0) is 9.90. The monoisotopic (exact) mass is 246 g/mol. The SMILES string of the molecule is CC(OC1CCCCO1)C(Cl)(Cl)Cl. The topological polar surface area (TPSA) is 18.5 Å². The van der Waals surface area contributed by atoms with Crippen LogP contribution in [0.3, 0.4) is 0 Å². The van der Waals surface area contributed by atoms with E-state index in [1.165, 1.54) is 0 Å². The van der Waals surface area contributed by atoms with E-state index in [9.17, 15) is 0 Å². The Morgan fingerprint density at radius 3 is 2.54 bits per heavy atom. The zero-order valence-corrected chi connectivity index (χ0v) is 9.70. The summed E-state index contributed by atoms with van der Waals surface area (Å²) in [5.74, 6) is 0. The maximum Gasteiger partial charge on any atom is 0.216 e. The number of alkyl halides is 3. The Morgan fingerprint density at radius 2 is 2.08 bits per heavy atom. The molecule has 0 aliphatic carbocycles. The zero-order valence-electron chi connectivity index (χ0n) is 7.43. The van der Waals surface area contributed by atoms with E-state index in [-0.39, 0.29) is 6.29 Å². The van der Waals surface area contributed by atoms with Gasteiger partial charge >= 0.3 is 0 Å². The van der Waals surface area contributed by atoms with Gasteiger partial charge < -0.3 is 9.47 Å². The first-order valence-corrected chi connectivity index (χ1v) is 5.47. The van der Waals surface area contributed by atoms with E-state index in [2.05, 4.69) is 0 Å². The lowest BCUT2D eigenvalue weighted by atomic mass is 10.2. The fraction of sp³-hybridized carbons (Fsp3) is 1.00. The van der Waals surface area contributed by atoms with Crippen LogP contribution >= 0.6 is 34.8 Å². The second-order valence-electron chi connectivity index (χ2n) is 3.12. The minimum absolute atomic E-state index is 0.209. The molecule has 1 fully saturated rings. The summed E-state index contributed by atoms with van der Waals surface area (Å²) >= 11 is 17.0. The summed E-state index contributed by atoms with van der Waals surface area (Å²) < 4.78 is 9.41. The minimum Gasteiger partial charge on any atom is -0.353 e. The maximum atomic E-state index is 5.65. The van der Waals surface area contributed by atoms with E-state index >= 15 is 0 Å². The molecule has 78 valence electrons. The van der Waals surface area contributed by atoms with E-state index in [1.807, 2.05) is 0 Å². The highest BCUT2D eigenvalue weighted by Gasteiger charge is 2.32. The molecule has 0 saturated carbocycles. The third-order valence-electron chi connectivity index (χ3n) is 1.95. The molecule has 0 amide bonds. The summed E-state index contributed by atoms with van der Waals surface area (Å²) in [6, 6.07) is 0. The molecule has 0 bridgehead atoms. The number of hydrogen-bond donors (Lipinski definition) is 0. The maximum absolute atomic E-state index is 5.65. The molecule has 1 saturated heterocycles. The van der Waals surface area contributed by atoms with Crippen LogP contribution in [-0.4, -0.2) is 22.8 Å². The molecule has 2 unspecified atom stereocenters. The van der Waals surface area contributed by atoms with Gasteiger partial charge in [0, 0.05) is 6.61 Å². The lowest BCUT2D eigenvalue weighted by Gasteiger charge is -2.28. The minimum atomic E-state index is -1.37. The van der Waals surface area contributed by atoms with Crippen molar-refractivity contribution in [3.05, 3.63) is 0 Å². The highest BCUT2D eigenvalue weighted by atomic mass is 35.6. The van der Waals surface area contributed by atoms with Gasteiger partial charge in [0.2, 0.25) is 3.79 Å². The number of halogens is 3. The highest BCUT2D eigenvalue weighted by molar-refractivity contribution is 6.68.